The van der Waals surface area contributed by atoms with Gasteiger partial charge in [-0.3, -0.25) is 4.79 Å². The summed E-state index contributed by atoms with van der Waals surface area (Å²) in [5.41, 5.74) is 1.66. The molecule has 0 saturated carbocycles. The van der Waals surface area contributed by atoms with E-state index in [0.717, 1.165) is 41.2 Å². The van der Waals surface area contributed by atoms with E-state index in [1.54, 1.807) is 10.9 Å². The van der Waals surface area contributed by atoms with Crippen LogP contribution in [0.3, 0.4) is 0 Å². The van der Waals surface area contributed by atoms with Gasteiger partial charge in [-0.1, -0.05) is 30.0 Å². The summed E-state index contributed by atoms with van der Waals surface area (Å²) in [6, 6.07) is 9.83. The van der Waals surface area contributed by atoms with Crippen LogP contribution < -0.4 is 5.32 Å². The minimum atomic E-state index is -0.274. The van der Waals surface area contributed by atoms with Crippen LogP contribution in [0, 0.1) is 0 Å². The van der Waals surface area contributed by atoms with Crippen molar-refractivity contribution in [1.29, 1.82) is 0 Å². The summed E-state index contributed by atoms with van der Waals surface area (Å²) in [6.07, 6.45) is 5.48. The predicted octanol–water partition coefficient (Wildman–Crippen LogP) is 2.59. The summed E-state index contributed by atoms with van der Waals surface area (Å²) in [4.78, 5) is 21.2. The summed E-state index contributed by atoms with van der Waals surface area (Å²) < 4.78 is 7.33. The van der Waals surface area contributed by atoms with E-state index in [1.807, 2.05) is 37.3 Å². The minimum Gasteiger partial charge on any atom is -0.376 e. The summed E-state index contributed by atoms with van der Waals surface area (Å²) in [5, 5.41) is 8.74. The van der Waals surface area contributed by atoms with Crippen LogP contribution in [0.1, 0.15) is 19.8 Å². The largest absolute Gasteiger partial charge is 0.376 e. The number of carbonyl (C=O) groups excluding carboxylic acids is 1. The zero-order valence-corrected chi connectivity index (χ0v) is 15.9. The van der Waals surface area contributed by atoms with E-state index in [4.69, 9.17) is 4.74 Å². The van der Waals surface area contributed by atoms with Gasteiger partial charge in [-0.25, -0.2) is 14.6 Å². The van der Waals surface area contributed by atoms with Crippen molar-refractivity contribution < 1.29 is 9.53 Å². The molecule has 0 spiro atoms. The Kier molecular flexibility index (Phi) is 5.35. The van der Waals surface area contributed by atoms with Crippen molar-refractivity contribution in [2.75, 3.05) is 13.2 Å². The van der Waals surface area contributed by atoms with Gasteiger partial charge in [0.25, 0.3) is 0 Å². The van der Waals surface area contributed by atoms with E-state index >= 15 is 0 Å². The number of thioether (sulfide) groups is 1. The number of nitrogens with zero attached hydrogens (tertiary/aromatic N) is 4. The third-order valence-corrected chi connectivity index (χ3v) is 5.63. The Balaban J connectivity index is 1.48. The number of benzene rings is 1. The maximum Gasteiger partial charge on any atom is 0.233 e. The monoisotopic (exact) mass is 383 g/mol. The van der Waals surface area contributed by atoms with Gasteiger partial charge in [0.2, 0.25) is 5.91 Å². The predicted molar refractivity (Wildman–Crippen MR) is 104 cm³/mol. The quantitative estimate of drug-likeness (QED) is 0.520. The molecule has 0 unspecified atom stereocenters. The first kappa shape index (κ1) is 17.9. The van der Waals surface area contributed by atoms with Crippen molar-refractivity contribution in [1.82, 2.24) is 25.1 Å². The Morgan fingerprint density at radius 1 is 1.37 bits per heavy atom. The van der Waals surface area contributed by atoms with Gasteiger partial charge in [0.15, 0.2) is 5.65 Å². The molecule has 140 valence electrons. The Morgan fingerprint density at radius 3 is 3.00 bits per heavy atom. The van der Waals surface area contributed by atoms with Gasteiger partial charge >= 0.3 is 0 Å². The van der Waals surface area contributed by atoms with Crippen molar-refractivity contribution in [3.8, 4) is 5.69 Å². The average Bonchev–Trinajstić information content (AvgIpc) is 3.37. The number of fused-ring (bicyclic) bond motifs is 1. The molecule has 2 atom stereocenters. The zero-order valence-electron chi connectivity index (χ0n) is 15.0. The standard InChI is InChI=1S/C19H21N5O2S/c1-13(18(25)20-10-15-8-5-9-26-15)27-19-16-11-23-24(17(16)21-12-22-19)14-6-3-2-4-7-14/h2-4,6-7,11-13,15H,5,8-10H2,1H3,(H,20,25)/t13-,15+/m1/s1. The first-order valence-corrected chi connectivity index (χ1v) is 9.90. The molecule has 1 aliphatic heterocycles. The average molecular weight is 383 g/mol. The number of ether oxygens (including phenoxy) is 1. The molecule has 1 fully saturated rings. The van der Waals surface area contributed by atoms with Crippen LogP contribution in [0.4, 0.5) is 0 Å². The van der Waals surface area contributed by atoms with Crippen molar-refractivity contribution in [2.45, 2.75) is 36.1 Å². The first-order chi connectivity index (χ1) is 13.2. The molecular weight excluding hydrogens is 362 g/mol. The van der Waals surface area contributed by atoms with Gasteiger partial charge in [0.05, 0.1) is 28.6 Å². The van der Waals surface area contributed by atoms with Gasteiger partial charge in [-0.2, -0.15) is 5.10 Å². The molecular formula is C19H21N5O2S. The molecule has 3 aromatic rings. The molecule has 1 aromatic carbocycles. The van der Waals surface area contributed by atoms with E-state index < -0.39 is 0 Å². The Bertz CT molecular complexity index is 924. The lowest BCUT2D eigenvalue weighted by Crippen LogP contribution is -2.36. The van der Waals surface area contributed by atoms with Crippen LogP contribution in [0.5, 0.6) is 0 Å². The van der Waals surface area contributed by atoms with Crippen LogP contribution in [-0.2, 0) is 9.53 Å². The zero-order chi connectivity index (χ0) is 18.6. The van der Waals surface area contributed by atoms with E-state index in [0.29, 0.717) is 6.54 Å². The normalized spacial score (nSPS) is 17.9. The first-order valence-electron chi connectivity index (χ1n) is 9.02. The maximum absolute atomic E-state index is 12.4. The Labute approximate surface area is 161 Å². The highest BCUT2D eigenvalue weighted by Crippen LogP contribution is 2.28. The van der Waals surface area contributed by atoms with Gasteiger partial charge in [-0.15, -0.1) is 0 Å². The highest BCUT2D eigenvalue weighted by Gasteiger charge is 2.21. The van der Waals surface area contributed by atoms with Crippen molar-refractivity contribution >= 4 is 28.7 Å². The van der Waals surface area contributed by atoms with Gasteiger partial charge in [0.1, 0.15) is 11.4 Å². The van der Waals surface area contributed by atoms with E-state index in [1.165, 1.54) is 18.1 Å². The van der Waals surface area contributed by atoms with Crippen LogP contribution >= 0.6 is 11.8 Å². The molecule has 1 aliphatic rings. The molecule has 0 bridgehead atoms. The third kappa shape index (κ3) is 3.96. The van der Waals surface area contributed by atoms with E-state index in [9.17, 15) is 4.79 Å². The minimum absolute atomic E-state index is 0.0160. The number of para-hydroxylation sites is 1. The maximum atomic E-state index is 12.4. The number of nitrogens with one attached hydrogen (secondary N) is 1. The molecule has 0 radical (unpaired) electrons. The SMILES string of the molecule is C[C@@H](Sc1ncnc2c1cnn2-c1ccccc1)C(=O)NC[C@@H]1CCCO1. The molecule has 7 nitrogen and oxygen atoms in total. The molecule has 8 heteroatoms. The lowest BCUT2D eigenvalue weighted by Gasteiger charge is -2.14. The molecule has 27 heavy (non-hydrogen) atoms. The summed E-state index contributed by atoms with van der Waals surface area (Å²) in [5.74, 6) is -0.0160. The van der Waals surface area contributed by atoms with Crippen molar-refractivity contribution in [2.24, 2.45) is 0 Å². The second kappa shape index (κ2) is 8.06. The number of carbonyl (C=O) groups is 1. The lowest BCUT2D eigenvalue weighted by atomic mass is 10.2. The molecule has 0 aliphatic carbocycles. The van der Waals surface area contributed by atoms with Crippen LogP contribution in [0.15, 0.2) is 47.9 Å². The molecule has 3 heterocycles. The highest BCUT2D eigenvalue weighted by atomic mass is 32.2. The van der Waals surface area contributed by atoms with Crippen LogP contribution in [0.2, 0.25) is 0 Å². The van der Waals surface area contributed by atoms with Crippen LogP contribution in [-0.4, -0.2) is 50.2 Å². The summed E-state index contributed by atoms with van der Waals surface area (Å²) >= 11 is 1.41. The number of hydrogen-bond acceptors (Lipinski definition) is 6. The lowest BCUT2D eigenvalue weighted by molar-refractivity contribution is -0.120. The fraction of sp³-hybridized carbons (Fsp3) is 0.368. The molecule has 2 aromatic heterocycles. The molecule has 1 saturated heterocycles. The summed E-state index contributed by atoms with van der Waals surface area (Å²) in [7, 11) is 0. The van der Waals surface area contributed by atoms with Gasteiger partial charge in [-0.05, 0) is 31.9 Å². The van der Waals surface area contributed by atoms with Crippen LogP contribution in [0.25, 0.3) is 16.7 Å². The van der Waals surface area contributed by atoms with Crippen molar-refractivity contribution in [3.05, 3.63) is 42.9 Å². The molecule has 1 amide bonds. The van der Waals surface area contributed by atoms with E-state index in [-0.39, 0.29) is 17.3 Å². The Hall–Kier alpha value is -2.45. The number of hydrogen-bond donors (Lipinski definition) is 1. The number of rotatable bonds is 6. The van der Waals surface area contributed by atoms with Gasteiger partial charge < -0.3 is 10.1 Å². The highest BCUT2D eigenvalue weighted by molar-refractivity contribution is 8.00. The number of aromatic nitrogens is 4. The van der Waals surface area contributed by atoms with E-state index in [2.05, 4.69) is 20.4 Å². The second-order valence-electron chi connectivity index (χ2n) is 6.45. The summed E-state index contributed by atoms with van der Waals surface area (Å²) in [6.45, 7) is 3.23. The molecule has 1 N–H and O–H groups in total. The fourth-order valence-electron chi connectivity index (χ4n) is 3.06. The molecule has 4 rings (SSSR count). The topological polar surface area (TPSA) is 81.9 Å². The second-order valence-corrected chi connectivity index (χ2v) is 7.78. The fourth-order valence-corrected chi connectivity index (χ4v) is 3.96. The van der Waals surface area contributed by atoms with Gasteiger partial charge in [0, 0.05) is 13.2 Å². The Morgan fingerprint density at radius 2 is 2.22 bits per heavy atom. The smallest absolute Gasteiger partial charge is 0.233 e. The number of amides is 1. The third-order valence-electron chi connectivity index (χ3n) is 4.52. The van der Waals surface area contributed by atoms with Crippen molar-refractivity contribution in [3.63, 3.8) is 0 Å².